The third kappa shape index (κ3) is 3.81. The van der Waals surface area contributed by atoms with Crippen molar-refractivity contribution < 1.29 is 0 Å². The molecule has 0 unspecified atom stereocenters. The summed E-state index contributed by atoms with van der Waals surface area (Å²) in [5, 5.41) is 3.52. The number of nitrogens with one attached hydrogen (secondary N) is 1. The summed E-state index contributed by atoms with van der Waals surface area (Å²) in [6.07, 6.45) is 3.70. The Morgan fingerprint density at radius 2 is 1.88 bits per heavy atom. The Bertz CT molecular complexity index is 294. The summed E-state index contributed by atoms with van der Waals surface area (Å²) in [4.78, 5) is 6.72. The van der Waals surface area contributed by atoms with Crippen LogP contribution in [-0.4, -0.2) is 35.8 Å². The molecule has 0 bridgehead atoms. The molecule has 0 saturated carbocycles. The summed E-state index contributed by atoms with van der Waals surface area (Å²) >= 11 is 0. The van der Waals surface area contributed by atoms with Crippen LogP contribution >= 0.6 is 0 Å². The predicted octanol–water partition coefficient (Wildman–Crippen LogP) is 2.18. The third-order valence-corrected chi connectivity index (χ3v) is 2.81. The molecule has 0 amide bonds. The van der Waals surface area contributed by atoms with Crippen molar-refractivity contribution in [2.24, 2.45) is 4.99 Å². The van der Waals surface area contributed by atoms with Gasteiger partial charge in [-0.3, -0.25) is 4.99 Å². The van der Waals surface area contributed by atoms with Crippen molar-refractivity contribution in [2.75, 3.05) is 13.1 Å². The largest absolute Gasteiger partial charge is 0.371 e. The van der Waals surface area contributed by atoms with Crippen LogP contribution in [0.2, 0.25) is 0 Å². The minimum absolute atomic E-state index is 0.539. The number of hydrogen-bond donors (Lipinski definition) is 1. The van der Waals surface area contributed by atoms with Crippen molar-refractivity contribution in [3.63, 3.8) is 0 Å². The maximum absolute atomic E-state index is 4.34. The van der Waals surface area contributed by atoms with E-state index in [2.05, 4.69) is 42.6 Å². The van der Waals surface area contributed by atoms with Gasteiger partial charge in [0.25, 0.3) is 0 Å². The molecule has 0 aromatic carbocycles. The minimum Gasteiger partial charge on any atom is -0.371 e. The Kier molecular flexibility index (Phi) is 4.74. The van der Waals surface area contributed by atoms with Crippen LogP contribution in [0.1, 0.15) is 27.7 Å². The van der Waals surface area contributed by atoms with E-state index in [4.69, 9.17) is 0 Å². The quantitative estimate of drug-likeness (QED) is 0.740. The molecular formula is C13H23N3. The Labute approximate surface area is 98.9 Å². The van der Waals surface area contributed by atoms with Crippen LogP contribution in [0.25, 0.3) is 0 Å². The van der Waals surface area contributed by atoms with Crippen molar-refractivity contribution >= 4 is 5.71 Å². The predicted molar refractivity (Wildman–Crippen MR) is 70.7 cm³/mol. The van der Waals surface area contributed by atoms with E-state index < -0.39 is 0 Å². The summed E-state index contributed by atoms with van der Waals surface area (Å²) in [5.74, 6) is 0. The molecule has 1 heterocycles. The van der Waals surface area contributed by atoms with E-state index in [1.54, 1.807) is 6.08 Å². The topological polar surface area (TPSA) is 27.6 Å². The SMILES string of the molecule is C=C/C(C)=N\C=C(/C)N1C[C@@H](C)N[C@@H](C)C1. The number of rotatable bonds is 3. The standard InChI is InChI=1S/C13H23N3/c1-6-10(2)14-7-13(5)16-8-11(3)15-12(4)9-16/h6-7,11-12,15H,1,8-9H2,2-5H3/b13-7+,14-10-/t11-,12+. The zero-order valence-electron chi connectivity index (χ0n) is 10.8. The van der Waals surface area contributed by atoms with E-state index >= 15 is 0 Å². The summed E-state index contributed by atoms with van der Waals surface area (Å²) in [6, 6.07) is 1.08. The average Bonchev–Trinajstić information content (AvgIpc) is 2.23. The highest BCUT2D eigenvalue weighted by Crippen LogP contribution is 2.11. The number of allylic oxidation sites excluding steroid dienone is 2. The first kappa shape index (κ1) is 13.0. The van der Waals surface area contributed by atoms with Crippen molar-refractivity contribution in [2.45, 2.75) is 39.8 Å². The molecule has 1 saturated heterocycles. The fraction of sp³-hybridized carbons (Fsp3) is 0.615. The normalized spacial score (nSPS) is 28.1. The van der Waals surface area contributed by atoms with Crippen LogP contribution in [0, 0.1) is 0 Å². The van der Waals surface area contributed by atoms with Crippen molar-refractivity contribution in [1.29, 1.82) is 0 Å². The Hall–Kier alpha value is -1.09. The molecule has 2 atom stereocenters. The smallest absolute Gasteiger partial charge is 0.0459 e. The molecule has 1 aliphatic rings. The zero-order valence-corrected chi connectivity index (χ0v) is 10.8. The second-order valence-corrected chi connectivity index (χ2v) is 4.62. The molecule has 3 heteroatoms. The van der Waals surface area contributed by atoms with Crippen LogP contribution in [-0.2, 0) is 0 Å². The number of hydrogen-bond acceptors (Lipinski definition) is 3. The first-order valence-electron chi connectivity index (χ1n) is 5.87. The molecule has 1 rings (SSSR count). The number of aliphatic imine (C=N–C) groups is 1. The monoisotopic (exact) mass is 221 g/mol. The van der Waals surface area contributed by atoms with E-state index in [1.807, 2.05) is 13.1 Å². The lowest BCUT2D eigenvalue weighted by Gasteiger charge is -2.37. The van der Waals surface area contributed by atoms with E-state index in [-0.39, 0.29) is 0 Å². The highest BCUT2D eigenvalue weighted by Gasteiger charge is 2.20. The van der Waals surface area contributed by atoms with Gasteiger partial charge in [-0.1, -0.05) is 6.58 Å². The highest BCUT2D eigenvalue weighted by atomic mass is 15.2. The molecule has 16 heavy (non-hydrogen) atoms. The molecule has 1 N–H and O–H groups in total. The molecule has 90 valence electrons. The number of nitrogens with zero attached hydrogens (tertiary/aromatic N) is 2. The molecular weight excluding hydrogens is 198 g/mol. The fourth-order valence-corrected chi connectivity index (χ4v) is 1.94. The fourth-order valence-electron chi connectivity index (χ4n) is 1.94. The summed E-state index contributed by atoms with van der Waals surface area (Å²) in [7, 11) is 0. The Balaban J connectivity index is 2.65. The van der Waals surface area contributed by atoms with Gasteiger partial charge in [0.15, 0.2) is 0 Å². The second kappa shape index (κ2) is 5.85. The maximum atomic E-state index is 4.34. The molecule has 0 aromatic heterocycles. The lowest BCUT2D eigenvalue weighted by molar-refractivity contribution is 0.215. The second-order valence-electron chi connectivity index (χ2n) is 4.62. The van der Waals surface area contributed by atoms with E-state index in [0.29, 0.717) is 12.1 Å². The van der Waals surface area contributed by atoms with E-state index in [1.165, 1.54) is 5.70 Å². The van der Waals surface area contributed by atoms with Crippen molar-refractivity contribution in [1.82, 2.24) is 10.2 Å². The third-order valence-electron chi connectivity index (χ3n) is 2.81. The summed E-state index contributed by atoms with van der Waals surface area (Å²) in [6.45, 7) is 14.3. The molecule has 1 aliphatic heterocycles. The van der Waals surface area contributed by atoms with E-state index in [9.17, 15) is 0 Å². The van der Waals surface area contributed by atoms with Gasteiger partial charge < -0.3 is 10.2 Å². The van der Waals surface area contributed by atoms with Gasteiger partial charge in [-0.25, -0.2) is 0 Å². The van der Waals surface area contributed by atoms with Crippen LogP contribution in [0.15, 0.2) is 29.5 Å². The molecule has 1 fully saturated rings. The molecule has 3 nitrogen and oxygen atoms in total. The van der Waals surface area contributed by atoms with Crippen molar-refractivity contribution in [3.05, 3.63) is 24.6 Å². The van der Waals surface area contributed by atoms with Crippen molar-refractivity contribution in [3.8, 4) is 0 Å². The van der Waals surface area contributed by atoms with Gasteiger partial charge in [-0.05, 0) is 33.8 Å². The first-order chi connectivity index (χ1) is 7.52. The van der Waals surface area contributed by atoms with Gasteiger partial charge in [0, 0.05) is 42.8 Å². The lowest BCUT2D eigenvalue weighted by atomic mass is 10.1. The first-order valence-corrected chi connectivity index (χ1v) is 5.87. The Morgan fingerprint density at radius 1 is 1.31 bits per heavy atom. The van der Waals surface area contributed by atoms with Gasteiger partial charge in [0.2, 0.25) is 0 Å². The summed E-state index contributed by atoms with van der Waals surface area (Å²) < 4.78 is 0. The van der Waals surface area contributed by atoms with Gasteiger partial charge in [-0.15, -0.1) is 0 Å². The van der Waals surface area contributed by atoms with Gasteiger partial charge in [0.1, 0.15) is 0 Å². The van der Waals surface area contributed by atoms with Gasteiger partial charge in [0.05, 0.1) is 0 Å². The highest BCUT2D eigenvalue weighted by molar-refractivity contribution is 5.92. The average molecular weight is 221 g/mol. The molecule has 0 aromatic rings. The van der Waals surface area contributed by atoms with Gasteiger partial charge >= 0.3 is 0 Å². The molecule has 0 radical (unpaired) electrons. The molecule has 0 spiro atoms. The maximum Gasteiger partial charge on any atom is 0.0459 e. The van der Waals surface area contributed by atoms with Gasteiger partial charge in [-0.2, -0.15) is 0 Å². The summed E-state index contributed by atoms with van der Waals surface area (Å²) in [5.41, 5.74) is 2.18. The lowest BCUT2D eigenvalue weighted by Crippen LogP contribution is -2.53. The molecule has 0 aliphatic carbocycles. The number of piperazine rings is 1. The van der Waals surface area contributed by atoms with Crippen LogP contribution in [0.4, 0.5) is 0 Å². The van der Waals surface area contributed by atoms with Crippen LogP contribution < -0.4 is 5.32 Å². The van der Waals surface area contributed by atoms with Crippen LogP contribution in [0.5, 0.6) is 0 Å². The Morgan fingerprint density at radius 3 is 2.38 bits per heavy atom. The minimum atomic E-state index is 0.539. The van der Waals surface area contributed by atoms with E-state index in [0.717, 1.165) is 18.8 Å². The zero-order chi connectivity index (χ0) is 12.1. The van der Waals surface area contributed by atoms with Crippen LogP contribution in [0.3, 0.4) is 0 Å².